The number of hydrogen-bond acceptors (Lipinski definition) is 4. The second-order valence-electron chi connectivity index (χ2n) is 6.03. The van der Waals surface area contributed by atoms with E-state index < -0.39 is 15.3 Å². The summed E-state index contributed by atoms with van der Waals surface area (Å²) in [5.74, 6) is -0.621. The highest BCUT2D eigenvalue weighted by molar-refractivity contribution is 7.91. The molecule has 118 valence electrons. The summed E-state index contributed by atoms with van der Waals surface area (Å²) >= 11 is 0. The predicted octanol–water partition coefficient (Wildman–Crippen LogP) is 1.08. The van der Waals surface area contributed by atoms with Crippen molar-refractivity contribution in [1.82, 2.24) is 0 Å². The maximum atomic E-state index is 13.4. The molecule has 21 heavy (non-hydrogen) atoms. The number of sulfone groups is 1. The minimum absolute atomic E-state index is 0.0253. The van der Waals surface area contributed by atoms with Gasteiger partial charge in [-0.05, 0) is 48.9 Å². The Kier molecular flexibility index (Phi) is 4.70. The van der Waals surface area contributed by atoms with E-state index in [2.05, 4.69) is 0 Å². The molecule has 1 atom stereocenters. The van der Waals surface area contributed by atoms with Crippen molar-refractivity contribution < 1.29 is 23.0 Å². The van der Waals surface area contributed by atoms with E-state index in [9.17, 15) is 23.0 Å². The van der Waals surface area contributed by atoms with E-state index in [0.717, 1.165) is 5.56 Å². The summed E-state index contributed by atoms with van der Waals surface area (Å²) in [5, 5.41) is 19.6. The molecule has 0 saturated carbocycles. The Bertz CT molecular complexity index is 608. The van der Waals surface area contributed by atoms with Crippen LogP contribution >= 0.6 is 0 Å². The minimum Gasteiger partial charge on any atom is -0.396 e. The van der Waals surface area contributed by atoms with Crippen LogP contribution in [-0.2, 0) is 16.3 Å². The Morgan fingerprint density at radius 2 is 2.00 bits per heavy atom. The monoisotopic (exact) mass is 316 g/mol. The summed E-state index contributed by atoms with van der Waals surface area (Å²) in [6.07, 6.45) is 0.696. The topological polar surface area (TPSA) is 74.6 Å². The Morgan fingerprint density at radius 1 is 1.33 bits per heavy atom. The Labute approximate surface area is 124 Å². The smallest absolute Gasteiger partial charge is 0.150 e. The first-order valence-corrected chi connectivity index (χ1v) is 8.81. The molecule has 0 spiro atoms. The van der Waals surface area contributed by atoms with Gasteiger partial charge < -0.3 is 10.2 Å². The Morgan fingerprint density at radius 3 is 2.52 bits per heavy atom. The number of halogens is 1. The highest BCUT2D eigenvalue weighted by Gasteiger charge is 2.44. The van der Waals surface area contributed by atoms with Crippen molar-refractivity contribution in [1.29, 1.82) is 0 Å². The molecule has 2 N–H and O–H groups in total. The van der Waals surface area contributed by atoms with Gasteiger partial charge >= 0.3 is 0 Å². The van der Waals surface area contributed by atoms with Crippen LogP contribution in [0.1, 0.15) is 17.5 Å². The molecule has 1 saturated heterocycles. The maximum absolute atomic E-state index is 13.4. The zero-order valence-corrected chi connectivity index (χ0v) is 12.9. The van der Waals surface area contributed by atoms with Crippen molar-refractivity contribution in [2.24, 2.45) is 11.3 Å². The summed E-state index contributed by atoms with van der Waals surface area (Å²) in [4.78, 5) is 0. The van der Waals surface area contributed by atoms with E-state index >= 15 is 0 Å². The van der Waals surface area contributed by atoms with E-state index in [1.807, 2.05) is 6.92 Å². The number of aryl methyl sites for hydroxylation is 1. The average Bonchev–Trinajstić information content (AvgIpc) is 2.81. The fraction of sp³-hybridized carbons (Fsp3) is 0.600. The van der Waals surface area contributed by atoms with Gasteiger partial charge in [-0.25, -0.2) is 12.8 Å². The summed E-state index contributed by atoms with van der Waals surface area (Å²) in [6.45, 7) is 1.19. The van der Waals surface area contributed by atoms with Gasteiger partial charge in [-0.3, -0.25) is 0 Å². The number of aliphatic hydroxyl groups is 2. The molecule has 1 aromatic carbocycles. The lowest BCUT2D eigenvalue weighted by Gasteiger charge is -2.36. The molecule has 1 aliphatic heterocycles. The molecule has 0 radical (unpaired) electrons. The predicted molar refractivity (Wildman–Crippen MR) is 78.2 cm³/mol. The van der Waals surface area contributed by atoms with Crippen LogP contribution in [0.5, 0.6) is 0 Å². The summed E-state index contributed by atoms with van der Waals surface area (Å²) in [7, 11) is -3.11. The van der Waals surface area contributed by atoms with Crippen LogP contribution in [0.25, 0.3) is 0 Å². The molecular formula is C15H21FO4S. The maximum Gasteiger partial charge on any atom is 0.150 e. The Hall–Kier alpha value is -0.980. The summed E-state index contributed by atoms with van der Waals surface area (Å²) in [5.41, 5.74) is 0.633. The van der Waals surface area contributed by atoms with Gasteiger partial charge in [-0.2, -0.15) is 0 Å². The summed E-state index contributed by atoms with van der Waals surface area (Å²) in [6, 6.07) is 4.40. The first-order valence-electron chi connectivity index (χ1n) is 6.99. The van der Waals surface area contributed by atoms with Crippen molar-refractivity contribution >= 4 is 9.84 Å². The van der Waals surface area contributed by atoms with Gasteiger partial charge in [0, 0.05) is 5.41 Å². The molecule has 1 heterocycles. The third-order valence-corrected chi connectivity index (χ3v) is 6.35. The van der Waals surface area contributed by atoms with E-state index in [1.54, 1.807) is 6.07 Å². The lowest BCUT2D eigenvalue weighted by atomic mass is 9.71. The highest BCUT2D eigenvalue weighted by atomic mass is 32.2. The molecule has 1 aromatic rings. The molecule has 1 fully saturated rings. The molecular weight excluding hydrogens is 295 g/mol. The Balaban J connectivity index is 2.32. The SMILES string of the molecule is Cc1ccc(F)cc1CC(CO)(CO)C1CCS(=O)(=O)C1. The number of aliphatic hydroxyl groups excluding tert-OH is 2. The molecule has 6 heteroatoms. The second-order valence-corrected chi connectivity index (χ2v) is 8.25. The van der Waals surface area contributed by atoms with Crippen LogP contribution < -0.4 is 0 Å². The van der Waals surface area contributed by atoms with Crippen molar-refractivity contribution in [3.05, 3.63) is 35.1 Å². The molecule has 1 aliphatic rings. The molecule has 0 bridgehead atoms. The molecule has 4 nitrogen and oxygen atoms in total. The van der Waals surface area contributed by atoms with E-state index in [0.29, 0.717) is 12.0 Å². The summed E-state index contributed by atoms with van der Waals surface area (Å²) < 4.78 is 36.7. The standard InChI is InChI=1S/C15H21FO4S/c1-11-2-3-14(16)6-12(11)7-15(9-17,10-18)13-4-5-21(19,20)8-13/h2-3,6,13,17-18H,4-5,7-10H2,1H3. The molecule has 1 unspecified atom stereocenters. The van der Waals surface area contributed by atoms with Crippen LogP contribution in [-0.4, -0.2) is 43.4 Å². The first kappa shape index (κ1) is 16.4. The molecule has 0 aliphatic carbocycles. The van der Waals surface area contributed by atoms with Crippen molar-refractivity contribution in [3.8, 4) is 0 Å². The van der Waals surface area contributed by atoms with Gasteiger partial charge in [-0.15, -0.1) is 0 Å². The lowest BCUT2D eigenvalue weighted by Crippen LogP contribution is -2.41. The van der Waals surface area contributed by atoms with Gasteiger partial charge in [0.2, 0.25) is 0 Å². The van der Waals surface area contributed by atoms with Gasteiger partial charge in [0.15, 0.2) is 9.84 Å². The first-order chi connectivity index (χ1) is 9.82. The number of hydrogen-bond donors (Lipinski definition) is 2. The van der Waals surface area contributed by atoms with Crippen LogP contribution in [0.2, 0.25) is 0 Å². The van der Waals surface area contributed by atoms with Gasteiger partial charge in [0.05, 0.1) is 24.7 Å². The molecule has 0 aromatic heterocycles. The quantitative estimate of drug-likeness (QED) is 0.852. The lowest BCUT2D eigenvalue weighted by molar-refractivity contribution is 0.0123. The fourth-order valence-electron chi connectivity index (χ4n) is 3.05. The van der Waals surface area contributed by atoms with E-state index in [-0.39, 0.29) is 42.9 Å². The molecule has 0 amide bonds. The van der Waals surface area contributed by atoms with Gasteiger partial charge in [-0.1, -0.05) is 6.07 Å². The normalized spacial score (nSPS) is 21.6. The van der Waals surface area contributed by atoms with Crippen molar-refractivity contribution in [2.75, 3.05) is 24.7 Å². The highest BCUT2D eigenvalue weighted by Crippen LogP contribution is 2.39. The second kappa shape index (κ2) is 6.02. The number of rotatable bonds is 5. The van der Waals surface area contributed by atoms with E-state index in [1.165, 1.54) is 12.1 Å². The van der Waals surface area contributed by atoms with Crippen molar-refractivity contribution in [2.45, 2.75) is 19.8 Å². The average molecular weight is 316 g/mol. The van der Waals surface area contributed by atoms with E-state index in [4.69, 9.17) is 0 Å². The van der Waals surface area contributed by atoms with Gasteiger partial charge in [0.25, 0.3) is 0 Å². The zero-order valence-electron chi connectivity index (χ0n) is 12.0. The fourth-order valence-corrected chi connectivity index (χ4v) is 5.00. The number of benzene rings is 1. The van der Waals surface area contributed by atoms with Crippen molar-refractivity contribution in [3.63, 3.8) is 0 Å². The zero-order chi connectivity index (χ0) is 15.7. The third-order valence-electron chi connectivity index (χ3n) is 4.58. The third kappa shape index (κ3) is 3.44. The van der Waals surface area contributed by atoms with Crippen LogP contribution in [0.4, 0.5) is 4.39 Å². The van der Waals surface area contributed by atoms with Crippen LogP contribution in [0.15, 0.2) is 18.2 Å². The van der Waals surface area contributed by atoms with Crippen LogP contribution in [0.3, 0.4) is 0 Å². The van der Waals surface area contributed by atoms with Gasteiger partial charge in [0.1, 0.15) is 5.82 Å². The molecule has 2 rings (SSSR count). The van der Waals surface area contributed by atoms with Crippen LogP contribution in [0, 0.1) is 24.1 Å². The minimum atomic E-state index is -3.11. The largest absolute Gasteiger partial charge is 0.396 e.